The molecule has 2 aromatic rings. The summed E-state index contributed by atoms with van der Waals surface area (Å²) in [4.78, 5) is 20.7. The molecule has 0 aliphatic heterocycles. The Hall–Kier alpha value is -1.40. The fraction of sp³-hybridized carbons (Fsp3) is 0.467. The number of aryl methyl sites for hydroxylation is 1. The molecule has 0 saturated heterocycles. The summed E-state index contributed by atoms with van der Waals surface area (Å²) in [6.07, 6.45) is 4.48. The van der Waals surface area contributed by atoms with Gasteiger partial charge in [0.25, 0.3) is 5.91 Å². The van der Waals surface area contributed by atoms with E-state index in [4.69, 9.17) is 0 Å². The molecule has 0 radical (unpaired) electrons. The van der Waals surface area contributed by atoms with Crippen molar-refractivity contribution in [2.75, 3.05) is 34.2 Å². The number of nitrogens with zero attached hydrogens (tertiary/aromatic N) is 4. The smallest absolute Gasteiger partial charge is 0.271 e. The second-order valence-corrected chi connectivity index (χ2v) is 6.29. The van der Waals surface area contributed by atoms with Crippen molar-refractivity contribution in [2.24, 2.45) is 7.05 Å². The molecule has 0 unspecified atom stereocenters. The number of fused-ring (bicyclic) bond motifs is 1. The third kappa shape index (κ3) is 3.27. The van der Waals surface area contributed by atoms with E-state index in [1.165, 1.54) is 0 Å². The Bertz CT molecular complexity index is 611. The predicted molar refractivity (Wildman–Crippen MR) is 88.5 cm³/mol. The Balaban J connectivity index is 2.23. The highest BCUT2D eigenvalue weighted by molar-refractivity contribution is 9.10. The molecule has 0 aromatic carbocycles. The molecule has 0 aliphatic carbocycles. The zero-order chi connectivity index (χ0) is 15.6. The van der Waals surface area contributed by atoms with Gasteiger partial charge in [0.1, 0.15) is 5.69 Å². The van der Waals surface area contributed by atoms with Crippen molar-refractivity contribution in [1.29, 1.82) is 0 Å². The van der Waals surface area contributed by atoms with E-state index < -0.39 is 0 Å². The Morgan fingerprint density at radius 1 is 1.33 bits per heavy atom. The highest BCUT2D eigenvalue weighted by atomic mass is 79.9. The number of aromatic nitrogens is 2. The molecule has 21 heavy (non-hydrogen) atoms. The van der Waals surface area contributed by atoms with E-state index in [1.807, 2.05) is 38.8 Å². The van der Waals surface area contributed by atoms with Crippen molar-refractivity contribution in [1.82, 2.24) is 19.4 Å². The SMILES string of the molecule is CN(C)CCCN(C)C(=O)c1c(Br)c2ccncc2n1C. The van der Waals surface area contributed by atoms with Crippen LogP contribution in [0, 0.1) is 0 Å². The van der Waals surface area contributed by atoms with Crippen LogP contribution in [-0.2, 0) is 7.05 Å². The summed E-state index contributed by atoms with van der Waals surface area (Å²) < 4.78 is 2.74. The molecule has 2 rings (SSSR count). The minimum absolute atomic E-state index is 0.0272. The fourth-order valence-corrected chi connectivity index (χ4v) is 3.15. The molecule has 0 N–H and O–H groups in total. The van der Waals surface area contributed by atoms with Crippen LogP contribution in [0.25, 0.3) is 10.9 Å². The molecule has 2 aromatic heterocycles. The lowest BCUT2D eigenvalue weighted by atomic mass is 10.3. The van der Waals surface area contributed by atoms with Crippen LogP contribution in [0.3, 0.4) is 0 Å². The molecular weight excluding hydrogens is 332 g/mol. The van der Waals surface area contributed by atoms with E-state index >= 15 is 0 Å². The van der Waals surface area contributed by atoms with Gasteiger partial charge in [0.15, 0.2) is 0 Å². The zero-order valence-corrected chi connectivity index (χ0v) is 14.5. The van der Waals surface area contributed by atoms with Crippen molar-refractivity contribution >= 4 is 32.7 Å². The van der Waals surface area contributed by atoms with Gasteiger partial charge in [-0.15, -0.1) is 0 Å². The molecule has 2 heterocycles. The third-order valence-corrected chi connectivity index (χ3v) is 4.39. The first-order chi connectivity index (χ1) is 9.93. The largest absolute Gasteiger partial charge is 0.340 e. The van der Waals surface area contributed by atoms with Crippen molar-refractivity contribution in [2.45, 2.75) is 6.42 Å². The Kier molecular flexibility index (Phi) is 5.00. The molecule has 114 valence electrons. The van der Waals surface area contributed by atoms with Crippen LogP contribution in [0.1, 0.15) is 16.9 Å². The highest BCUT2D eigenvalue weighted by Crippen LogP contribution is 2.30. The van der Waals surface area contributed by atoms with Crippen LogP contribution in [0.5, 0.6) is 0 Å². The maximum atomic E-state index is 12.7. The first-order valence-corrected chi connectivity index (χ1v) is 7.71. The number of halogens is 1. The number of pyridine rings is 1. The molecule has 0 bridgehead atoms. The van der Waals surface area contributed by atoms with Gasteiger partial charge in [-0.3, -0.25) is 9.78 Å². The Labute approximate surface area is 133 Å². The normalized spacial score (nSPS) is 11.3. The number of amides is 1. The molecule has 0 spiro atoms. The third-order valence-electron chi connectivity index (χ3n) is 3.59. The van der Waals surface area contributed by atoms with Crippen molar-refractivity contribution < 1.29 is 4.79 Å². The monoisotopic (exact) mass is 352 g/mol. The second-order valence-electron chi connectivity index (χ2n) is 5.50. The standard InChI is InChI=1S/C15H21BrN4O/c1-18(2)8-5-9-19(3)15(21)14-13(16)11-6-7-17-10-12(11)20(14)4/h6-7,10H,5,8-9H2,1-4H3. The van der Waals surface area contributed by atoms with Gasteiger partial charge in [0.2, 0.25) is 0 Å². The van der Waals surface area contributed by atoms with E-state index in [0.29, 0.717) is 5.69 Å². The van der Waals surface area contributed by atoms with Gasteiger partial charge < -0.3 is 14.4 Å². The van der Waals surface area contributed by atoms with Gasteiger partial charge in [-0.2, -0.15) is 0 Å². The molecule has 1 amide bonds. The van der Waals surface area contributed by atoms with E-state index in [2.05, 4.69) is 25.8 Å². The van der Waals surface area contributed by atoms with Crippen LogP contribution in [-0.4, -0.2) is 59.5 Å². The van der Waals surface area contributed by atoms with Crippen LogP contribution in [0.15, 0.2) is 22.9 Å². The van der Waals surface area contributed by atoms with Gasteiger partial charge in [0.05, 0.1) is 16.2 Å². The molecule has 0 saturated carbocycles. The number of carbonyl (C=O) groups is 1. The lowest BCUT2D eigenvalue weighted by molar-refractivity contribution is 0.0781. The van der Waals surface area contributed by atoms with E-state index in [1.54, 1.807) is 17.3 Å². The minimum Gasteiger partial charge on any atom is -0.340 e. The maximum absolute atomic E-state index is 12.7. The van der Waals surface area contributed by atoms with Crippen LogP contribution < -0.4 is 0 Å². The zero-order valence-electron chi connectivity index (χ0n) is 12.9. The summed E-state index contributed by atoms with van der Waals surface area (Å²) in [7, 11) is 7.82. The second kappa shape index (κ2) is 6.58. The van der Waals surface area contributed by atoms with E-state index in [0.717, 1.165) is 34.9 Å². The summed E-state index contributed by atoms with van der Waals surface area (Å²) in [6, 6.07) is 1.92. The van der Waals surface area contributed by atoms with Crippen molar-refractivity contribution in [3.8, 4) is 0 Å². The Morgan fingerprint density at radius 3 is 2.67 bits per heavy atom. The number of rotatable bonds is 5. The van der Waals surface area contributed by atoms with Crippen LogP contribution >= 0.6 is 15.9 Å². The van der Waals surface area contributed by atoms with Crippen LogP contribution in [0.4, 0.5) is 0 Å². The van der Waals surface area contributed by atoms with Gasteiger partial charge in [0, 0.05) is 32.2 Å². The summed E-state index contributed by atoms with van der Waals surface area (Å²) in [6.45, 7) is 1.71. The minimum atomic E-state index is 0.0272. The number of carbonyl (C=O) groups excluding carboxylic acids is 1. The summed E-state index contributed by atoms with van der Waals surface area (Å²) >= 11 is 3.56. The molecule has 6 heteroatoms. The quantitative estimate of drug-likeness (QED) is 0.829. The lowest BCUT2D eigenvalue weighted by Gasteiger charge is -2.19. The lowest BCUT2D eigenvalue weighted by Crippen LogP contribution is -2.31. The molecular formula is C15H21BrN4O. The molecule has 0 aliphatic rings. The summed E-state index contributed by atoms with van der Waals surface area (Å²) in [5.41, 5.74) is 1.62. The number of hydrogen-bond donors (Lipinski definition) is 0. The molecule has 0 fully saturated rings. The number of hydrogen-bond acceptors (Lipinski definition) is 3. The molecule has 5 nitrogen and oxygen atoms in total. The molecule has 0 atom stereocenters. The Morgan fingerprint density at radius 2 is 2.05 bits per heavy atom. The summed E-state index contributed by atoms with van der Waals surface area (Å²) in [5, 5.41) is 1.01. The van der Waals surface area contributed by atoms with Crippen molar-refractivity contribution in [3.63, 3.8) is 0 Å². The summed E-state index contributed by atoms with van der Waals surface area (Å²) in [5.74, 6) is 0.0272. The van der Waals surface area contributed by atoms with Gasteiger partial charge >= 0.3 is 0 Å². The van der Waals surface area contributed by atoms with Crippen LogP contribution in [0.2, 0.25) is 0 Å². The van der Waals surface area contributed by atoms with Gasteiger partial charge in [-0.05, 0) is 49.1 Å². The fourth-order valence-electron chi connectivity index (χ4n) is 2.38. The van der Waals surface area contributed by atoms with Gasteiger partial charge in [-0.1, -0.05) is 0 Å². The maximum Gasteiger partial charge on any atom is 0.271 e. The highest BCUT2D eigenvalue weighted by Gasteiger charge is 2.22. The van der Waals surface area contributed by atoms with E-state index in [9.17, 15) is 4.79 Å². The van der Waals surface area contributed by atoms with E-state index in [-0.39, 0.29) is 5.91 Å². The first-order valence-electron chi connectivity index (χ1n) is 6.91. The van der Waals surface area contributed by atoms with Crippen molar-refractivity contribution in [3.05, 3.63) is 28.6 Å². The average Bonchev–Trinajstić information content (AvgIpc) is 2.70. The first kappa shape index (κ1) is 16.0. The average molecular weight is 353 g/mol. The predicted octanol–water partition coefficient (Wildman–Crippen LogP) is 2.36. The topological polar surface area (TPSA) is 41.4 Å². The van der Waals surface area contributed by atoms with Gasteiger partial charge in [-0.25, -0.2) is 0 Å².